The van der Waals surface area contributed by atoms with E-state index in [0.29, 0.717) is 17.8 Å². The van der Waals surface area contributed by atoms with Crippen LogP contribution in [0, 0.1) is 29.6 Å². The van der Waals surface area contributed by atoms with Gasteiger partial charge in [-0.1, -0.05) is 13.8 Å². The van der Waals surface area contributed by atoms with Gasteiger partial charge in [-0.25, -0.2) is 0 Å². The zero-order valence-electron chi connectivity index (χ0n) is 8.98. The van der Waals surface area contributed by atoms with Crippen LogP contribution in [0.3, 0.4) is 0 Å². The number of rotatable bonds is 6. The van der Waals surface area contributed by atoms with Gasteiger partial charge >= 0.3 is 0 Å². The van der Waals surface area contributed by atoms with Crippen LogP contribution in [0.15, 0.2) is 0 Å². The third kappa shape index (κ3) is 4.20. The minimum atomic E-state index is 0.133. The van der Waals surface area contributed by atoms with Crippen molar-refractivity contribution < 1.29 is 0 Å². The average molecular weight is 181 g/mol. The fraction of sp³-hybridized carbons (Fsp3) is 0.727. The minimum Gasteiger partial charge on any atom is -0.310 e. The van der Waals surface area contributed by atoms with Gasteiger partial charge in [0.05, 0.1) is 0 Å². The Morgan fingerprint density at radius 1 is 1.23 bits per heavy atom. The molecular weight excluding hydrogens is 160 g/mol. The predicted octanol–water partition coefficient (Wildman–Crippen LogP) is 3.32. The largest absolute Gasteiger partial charge is 0.310 e. The first-order valence-corrected chi connectivity index (χ1v) is 4.98. The highest BCUT2D eigenvalue weighted by Crippen LogP contribution is 2.15. The summed E-state index contributed by atoms with van der Waals surface area (Å²) in [4.78, 5) is 0. The van der Waals surface area contributed by atoms with E-state index in [1.807, 2.05) is 13.8 Å². The van der Waals surface area contributed by atoms with Gasteiger partial charge in [0.15, 0.2) is 0 Å². The summed E-state index contributed by atoms with van der Waals surface area (Å²) in [5.74, 6) is 0.386. The molecule has 0 rings (SSSR count). The van der Waals surface area contributed by atoms with Gasteiger partial charge in [0, 0.05) is 17.3 Å². The molecule has 0 aliphatic heterocycles. The molecule has 0 saturated carbocycles. The Balaban J connectivity index is 4.09. The third-order valence-corrected chi connectivity index (χ3v) is 2.56. The number of hydrogen-bond donors (Lipinski definition) is 2. The zero-order valence-corrected chi connectivity index (χ0v) is 8.98. The molecule has 13 heavy (non-hydrogen) atoms. The predicted molar refractivity (Wildman–Crippen MR) is 58.7 cm³/mol. The van der Waals surface area contributed by atoms with Crippen LogP contribution in [0.1, 0.15) is 40.0 Å². The van der Waals surface area contributed by atoms with Gasteiger partial charge in [-0.3, -0.25) is 0 Å². The van der Waals surface area contributed by atoms with Gasteiger partial charge in [-0.2, -0.15) is 0 Å². The van der Waals surface area contributed by atoms with E-state index in [1.54, 1.807) is 0 Å². The highest BCUT2D eigenvalue weighted by molar-refractivity contribution is 5.90. The molecule has 0 aromatic heterocycles. The van der Waals surface area contributed by atoms with Gasteiger partial charge in [0.1, 0.15) is 0 Å². The lowest BCUT2D eigenvalue weighted by atomic mass is 9.89. The Hall–Kier alpha value is -0.660. The Labute approximate surface area is 81.8 Å². The molecule has 0 heterocycles. The van der Waals surface area contributed by atoms with E-state index in [-0.39, 0.29) is 11.8 Å². The molecule has 2 atom stereocenters. The summed E-state index contributed by atoms with van der Waals surface area (Å²) in [5.41, 5.74) is 1.39. The van der Waals surface area contributed by atoms with E-state index < -0.39 is 0 Å². The van der Waals surface area contributed by atoms with E-state index in [1.165, 1.54) is 0 Å². The molecule has 0 spiro atoms. The first kappa shape index (κ1) is 12.3. The molecule has 0 aliphatic carbocycles. The maximum Gasteiger partial charge on any atom is 0.0126 e. The number of nitrogens with one attached hydrogen (secondary N) is 2. The fourth-order valence-electron chi connectivity index (χ4n) is 1.28. The molecule has 0 amide bonds. The smallest absolute Gasteiger partial charge is 0.0126 e. The molecule has 0 aromatic rings. The summed E-state index contributed by atoms with van der Waals surface area (Å²) in [6.07, 6.45) is 2.59. The number of hydrogen-bond acceptors (Lipinski definition) is 2. The van der Waals surface area contributed by atoms with Crippen LogP contribution < -0.4 is 0 Å². The average Bonchev–Trinajstić information content (AvgIpc) is 2.11. The highest BCUT2D eigenvalue weighted by atomic mass is 14.5. The lowest BCUT2D eigenvalue weighted by Gasteiger charge is -2.17. The minimum absolute atomic E-state index is 0.133. The Morgan fingerprint density at radius 2 is 1.77 bits per heavy atom. The highest BCUT2D eigenvalue weighted by Gasteiger charge is 2.14. The fourth-order valence-corrected chi connectivity index (χ4v) is 1.28. The van der Waals surface area contributed by atoms with Gasteiger partial charge in [-0.05, 0) is 39.0 Å². The van der Waals surface area contributed by atoms with Crippen molar-refractivity contribution in [2.75, 3.05) is 0 Å². The molecule has 2 heteroatoms. The van der Waals surface area contributed by atoms with Crippen LogP contribution in [0.25, 0.3) is 0 Å². The van der Waals surface area contributed by atoms with Crippen LogP contribution in [-0.2, 0) is 0 Å². The summed E-state index contributed by atoms with van der Waals surface area (Å²) < 4.78 is 0. The van der Waals surface area contributed by atoms with Crippen LogP contribution in [-0.4, -0.2) is 11.4 Å². The van der Waals surface area contributed by atoms with Crippen molar-refractivity contribution >= 4 is 11.4 Å². The maximum absolute atomic E-state index is 7.76. The Morgan fingerprint density at radius 3 is 2.08 bits per heavy atom. The second-order valence-electron chi connectivity index (χ2n) is 3.62. The SMILES string of the molecule is [CH2]C(CC)C(=N)CC(CC)C(C)=N. The van der Waals surface area contributed by atoms with Crippen LogP contribution in [0.4, 0.5) is 0 Å². The maximum atomic E-state index is 7.76. The molecule has 1 radical (unpaired) electrons. The monoisotopic (exact) mass is 181 g/mol. The first-order valence-electron chi connectivity index (χ1n) is 4.98. The molecule has 0 fully saturated rings. The van der Waals surface area contributed by atoms with E-state index in [2.05, 4.69) is 13.8 Å². The van der Waals surface area contributed by atoms with Crippen molar-refractivity contribution in [3.63, 3.8) is 0 Å². The van der Waals surface area contributed by atoms with Gasteiger partial charge in [0.25, 0.3) is 0 Å². The van der Waals surface area contributed by atoms with Crippen molar-refractivity contribution in [1.29, 1.82) is 10.8 Å². The Kier molecular flexibility index (Phi) is 5.60. The normalized spacial score (nSPS) is 15.1. The molecule has 2 N–H and O–H groups in total. The molecule has 0 saturated heterocycles. The molecule has 0 aromatic carbocycles. The lowest BCUT2D eigenvalue weighted by Crippen LogP contribution is -2.18. The first-order chi connectivity index (χ1) is 6.02. The zero-order chi connectivity index (χ0) is 10.4. The van der Waals surface area contributed by atoms with Crippen LogP contribution >= 0.6 is 0 Å². The van der Waals surface area contributed by atoms with Crippen molar-refractivity contribution in [1.82, 2.24) is 0 Å². The molecule has 75 valence electrons. The molecule has 0 aliphatic rings. The molecule has 0 bridgehead atoms. The molecule has 2 nitrogen and oxygen atoms in total. The summed E-state index contributed by atoms with van der Waals surface area (Å²) >= 11 is 0. The summed E-state index contributed by atoms with van der Waals surface area (Å²) in [7, 11) is 0. The summed E-state index contributed by atoms with van der Waals surface area (Å²) in [5, 5.41) is 15.3. The lowest BCUT2D eigenvalue weighted by molar-refractivity contribution is 0.658. The quantitative estimate of drug-likeness (QED) is 0.591. The van der Waals surface area contributed by atoms with E-state index in [4.69, 9.17) is 10.8 Å². The van der Waals surface area contributed by atoms with Crippen LogP contribution in [0.5, 0.6) is 0 Å². The summed E-state index contributed by atoms with van der Waals surface area (Å²) in [6, 6.07) is 0. The third-order valence-electron chi connectivity index (χ3n) is 2.56. The van der Waals surface area contributed by atoms with Crippen molar-refractivity contribution in [2.45, 2.75) is 40.0 Å². The van der Waals surface area contributed by atoms with E-state index in [0.717, 1.165) is 12.8 Å². The van der Waals surface area contributed by atoms with Crippen molar-refractivity contribution in [3.8, 4) is 0 Å². The molecular formula is C11H21N2. The molecule has 2 unspecified atom stereocenters. The second-order valence-corrected chi connectivity index (χ2v) is 3.62. The van der Waals surface area contributed by atoms with Crippen molar-refractivity contribution in [3.05, 3.63) is 6.92 Å². The second kappa shape index (κ2) is 5.90. The van der Waals surface area contributed by atoms with Gasteiger partial charge < -0.3 is 10.8 Å². The van der Waals surface area contributed by atoms with E-state index in [9.17, 15) is 0 Å². The topological polar surface area (TPSA) is 47.7 Å². The van der Waals surface area contributed by atoms with Crippen molar-refractivity contribution in [2.24, 2.45) is 11.8 Å². The standard InChI is InChI=1S/C11H21N2/c1-5-8(3)11(13)7-10(6-2)9(4)12/h8,10,12-13H,3,5-7H2,1-2,4H3. The van der Waals surface area contributed by atoms with Gasteiger partial charge in [0.2, 0.25) is 0 Å². The van der Waals surface area contributed by atoms with Gasteiger partial charge in [-0.15, -0.1) is 0 Å². The Bertz CT molecular complexity index is 185. The van der Waals surface area contributed by atoms with Crippen LogP contribution in [0.2, 0.25) is 0 Å². The summed E-state index contributed by atoms with van der Waals surface area (Å²) in [6.45, 7) is 9.85. The van der Waals surface area contributed by atoms with E-state index >= 15 is 0 Å².